The second kappa shape index (κ2) is 4.48. The standard InChI is InChI=1S/C10H14ClN/c1-8(7-12-2)9-5-3-4-6-10(9)11/h3-6,8,12H,7H2,1-2H3. The molecule has 12 heavy (non-hydrogen) atoms. The minimum absolute atomic E-state index is 0.476. The zero-order valence-corrected chi connectivity index (χ0v) is 8.23. The monoisotopic (exact) mass is 183 g/mol. The van der Waals surface area contributed by atoms with Crippen LogP contribution in [0.3, 0.4) is 0 Å². The largest absolute Gasteiger partial charge is 0.319 e. The molecule has 1 unspecified atom stereocenters. The SMILES string of the molecule is CNCC(C)c1ccccc1Cl. The summed E-state index contributed by atoms with van der Waals surface area (Å²) < 4.78 is 0. The molecule has 0 saturated heterocycles. The lowest BCUT2D eigenvalue weighted by atomic mass is 10.0. The fourth-order valence-electron chi connectivity index (χ4n) is 1.29. The predicted molar refractivity (Wildman–Crippen MR) is 53.8 cm³/mol. The molecule has 0 fully saturated rings. The van der Waals surface area contributed by atoms with E-state index in [1.54, 1.807) is 0 Å². The van der Waals surface area contributed by atoms with Crippen molar-refractivity contribution in [2.45, 2.75) is 12.8 Å². The van der Waals surface area contributed by atoms with E-state index in [0.29, 0.717) is 5.92 Å². The van der Waals surface area contributed by atoms with Gasteiger partial charge in [-0.3, -0.25) is 0 Å². The number of hydrogen-bond acceptors (Lipinski definition) is 1. The van der Waals surface area contributed by atoms with Crippen molar-refractivity contribution in [1.82, 2.24) is 5.32 Å². The Labute approximate surface area is 78.7 Å². The molecular formula is C10H14ClN. The Hall–Kier alpha value is -0.530. The minimum atomic E-state index is 0.476. The van der Waals surface area contributed by atoms with Crippen LogP contribution < -0.4 is 5.32 Å². The molecule has 0 heterocycles. The first-order chi connectivity index (χ1) is 5.75. The normalized spacial score (nSPS) is 12.9. The Morgan fingerprint density at radius 1 is 1.42 bits per heavy atom. The zero-order valence-electron chi connectivity index (χ0n) is 7.47. The van der Waals surface area contributed by atoms with Crippen molar-refractivity contribution in [3.63, 3.8) is 0 Å². The molecule has 0 saturated carbocycles. The first-order valence-corrected chi connectivity index (χ1v) is 4.52. The Morgan fingerprint density at radius 2 is 2.08 bits per heavy atom. The van der Waals surface area contributed by atoms with Gasteiger partial charge in [-0.25, -0.2) is 0 Å². The van der Waals surface area contributed by atoms with Crippen molar-refractivity contribution >= 4 is 11.6 Å². The summed E-state index contributed by atoms with van der Waals surface area (Å²) in [4.78, 5) is 0. The molecule has 1 aromatic rings. The molecule has 1 atom stereocenters. The van der Waals surface area contributed by atoms with Gasteiger partial charge in [-0.05, 0) is 24.6 Å². The van der Waals surface area contributed by atoms with Crippen molar-refractivity contribution in [1.29, 1.82) is 0 Å². The lowest BCUT2D eigenvalue weighted by molar-refractivity contribution is 0.678. The maximum Gasteiger partial charge on any atom is 0.0441 e. The van der Waals surface area contributed by atoms with Gasteiger partial charge in [0.05, 0.1) is 0 Å². The number of hydrogen-bond donors (Lipinski definition) is 1. The molecular weight excluding hydrogens is 170 g/mol. The fourth-order valence-corrected chi connectivity index (χ4v) is 1.61. The van der Waals surface area contributed by atoms with Gasteiger partial charge in [-0.15, -0.1) is 0 Å². The minimum Gasteiger partial charge on any atom is -0.319 e. The number of likely N-dealkylation sites (N-methyl/N-ethyl adjacent to an activating group) is 1. The number of nitrogens with one attached hydrogen (secondary N) is 1. The highest BCUT2D eigenvalue weighted by atomic mass is 35.5. The van der Waals surface area contributed by atoms with E-state index in [4.69, 9.17) is 11.6 Å². The van der Waals surface area contributed by atoms with E-state index in [1.165, 1.54) is 5.56 Å². The van der Waals surface area contributed by atoms with Crippen molar-refractivity contribution in [3.05, 3.63) is 34.9 Å². The second-order valence-corrected chi connectivity index (χ2v) is 3.39. The molecule has 66 valence electrons. The van der Waals surface area contributed by atoms with Crippen LogP contribution in [-0.4, -0.2) is 13.6 Å². The molecule has 0 aromatic heterocycles. The number of benzene rings is 1. The van der Waals surface area contributed by atoms with Crippen LogP contribution in [0, 0.1) is 0 Å². The lowest BCUT2D eigenvalue weighted by Crippen LogP contribution is -2.14. The number of rotatable bonds is 3. The number of halogens is 1. The Bertz CT molecular complexity index is 247. The molecule has 1 rings (SSSR count). The molecule has 0 amide bonds. The summed E-state index contributed by atoms with van der Waals surface area (Å²) in [6, 6.07) is 7.98. The third-order valence-electron chi connectivity index (χ3n) is 1.95. The second-order valence-electron chi connectivity index (χ2n) is 2.98. The van der Waals surface area contributed by atoms with E-state index in [1.807, 2.05) is 25.2 Å². The van der Waals surface area contributed by atoms with Gasteiger partial charge in [0.15, 0.2) is 0 Å². The van der Waals surface area contributed by atoms with Gasteiger partial charge in [0.2, 0.25) is 0 Å². The van der Waals surface area contributed by atoms with E-state index < -0.39 is 0 Å². The third kappa shape index (κ3) is 2.23. The first-order valence-electron chi connectivity index (χ1n) is 4.14. The van der Waals surface area contributed by atoms with Crippen LogP contribution in [0.2, 0.25) is 5.02 Å². The molecule has 0 aliphatic heterocycles. The maximum atomic E-state index is 6.03. The highest BCUT2D eigenvalue weighted by Gasteiger charge is 2.06. The van der Waals surface area contributed by atoms with E-state index in [9.17, 15) is 0 Å². The van der Waals surface area contributed by atoms with Gasteiger partial charge < -0.3 is 5.32 Å². The maximum absolute atomic E-state index is 6.03. The summed E-state index contributed by atoms with van der Waals surface area (Å²) in [6.07, 6.45) is 0. The van der Waals surface area contributed by atoms with E-state index in [0.717, 1.165) is 11.6 Å². The van der Waals surface area contributed by atoms with Crippen LogP contribution in [0.5, 0.6) is 0 Å². The van der Waals surface area contributed by atoms with Crippen LogP contribution in [0.15, 0.2) is 24.3 Å². The first kappa shape index (κ1) is 9.56. The zero-order chi connectivity index (χ0) is 8.97. The quantitative estimate of drug-likeness (QED) is 0.760. The van der Waals surface area contributed by atoms with E-state index in [-0.39, 0.29) is 0 Å². The molecule has 0 bridgehead atoms. The Balaban J connectivity index is 2.79. The third-order valence-corrected chi connectivity index (χ3v) is 2.29. The Morgan fingerprint density at radius 3 is 2.67 bits per heavy atom. The van der Waals surface area contributed by atoms with Gasteiger partial charge in [0.25, 0.3) is 0 Å². The predicted octanol–water partition coefficient (Wildman–Crippen LogP) is 2.66. The van der Waals surface area contributed by atoms with Crippen molar-refractivity contribution < 1.29 is 0 Å². The van der Waals surface area contributed by atoms with E-state index in [2.05, 4.69) is 18.3 Å². The Kier molecular flexibility index (Phi) is 3.57. The van der Waals surface area contributed by atoms with Crippen molar-refractivity contribution in [2.24, 2.45) is 0 Å². The molecule has 2 heteroatoms. The van der Waals surface area contributed by atoms with Gasteiger partial charge >= 0.3 is 0 Å². The molecule has 1 N–H and O–H groups in total. The van der Waals surface area contributed by atoms with Crippen LogP contribution in [0.4, 0.5) is 0 Å². The molecule has 0 spiro atoms. The van der Waals surface area contributed by atoms with Gasteiger partial charge in [0, 0.05) is 11.6 Å². The average molecular weight is 184 g/mol. The van der Waals surface area contributed by atoms with Gasteiger partial charge in [-0.2, -0.15) is 0 Å². The summed E-state index contributed by atoms with van der Waals surface area (Å²) in [7, 11) is 1.95. The summed E-state index contributed by atoms with van der Waals surface area (Å²) in [6.45, 7) is 3.13. The topological polar surface area (TPSA) is 12.0 Å². The summed E-state index contributed by atoms with van der Waals surface area (Å²) in [5.41, 5.74) is 1.22. The average Bonchev–Trinajstić information content (AvgIpc) is 2.05. The highest BCUT2D eigenvalue weighted by Crippen LogP contribution is 2.22. The van der Waals surface area contributed by atoms with Crippen LogP contribution in [0.1, 0.15) is 18.4 Å². The molecule has 0 radical (unpaired) electrons. The summed E-state index contributed by atoms with van der Waals surface area (Å²) >= 11 is 6.03. The smallest absolute Gasteiger partial charge is 0.0441 e. The van der Waals surface area contributed by atoms with E-state index >= 15 is 0 Å². The van der Waals surface area contributed by atoms with Crippen molar-refractivity contribution in [3.8, 4) is 0 Å². The molecule has 0 aliphatic rings. The lowest BCUT2D eigenvalue weighted by Gasteiger charge is -2.12. The summed E-state index contributed by atoms with van der Waals surface area (Å²) in [5, 5.41) is 4.00. The van der Waals surface area contributed by atoms with Gasteiger partial charge in [0.1, 0.15) is 0 Å². The van der Waals surface area contributed by atoms with Crippen LogP contribution in [0.25, 0.3) is 0 Å². The summed E-state index contributed by atoms with van der Waals surface area (Å²) in [5.74, 6) is 0.476. The van der Waals surface area contributed by atoms with Crippen LogP contribution in [-0.2, 0) is 0 Å². The highest BCUT2D eigenvalue weighted by molar-refractivity contribution is 6.31. The fraction of sp³-hybridized carbons (Fsp3) is 0.400. The molecule has 1 aromatic carbocycles. The van der Waals surface area contributed by atoms with Gasteiger partial charge in [-0.1, -0.05) is 36.7 Å². The molecule has 1 nitrogen and oxygen atoms in total. The molecule has 0 aliphatic carbocycles. The van der Waals surface area contributed by atoms with Crippen LogP contribution >= 0.6 is 11.6 Å². The van der Waals surface area contributed by atoms with Crippen molar-refractivity contribution in [2.75, 3.05) is 13.6 Å².